The molecular formula is C25H34N4O3. The minimum atomic E-state index is -0.427. The van der Waals surface area contributed by atoms with Crippen molar-refractivity contribution in [2.75, 3.05) is 38.8 Å². The number of anilines is 1. The molecule has 7 nitrogen and oxygen atoms in total. The lowest BCUT2D eigenvalue weighted by atomic mass is 10.1. The third kappa shape index (κ3) is 5.93. The predicted molar refractivity (Wildman–Crippen MR) is 129 cm³/mol. The molecule has 0 amide bonds. The Bertz CT molecular complexity index is 939. The lowest BCUT2D eigenvalue weighted by molar-refractivity contribution is 0.0597. The predicted octanol–water partition coefficient (Wildman–Crippen LogP) is 3.90. The van der Waals surface area contributed by atoms with Crippen molar-refractivity contribution in [2.24, 2.45) is 4.99 Å². The molecule has 7 heteroatoms. The first-order valence-corrected chi connectivity index (χ1v) is 11.2. The molecule has 0 radical (unpaired) electrons. The summed E-state index contributed by atoms with van der Waals surface area (Å²) in [6, 6.07) is 14.2. The maximum absolute atomic E-state index is 12.0. The summed E-state index contributed by atoms with van der Waals surface area (Å²) in [5.74, 6) is 0.785. The molecule has 1 heterocycles. The Morgan fingerprint density at radius 2 is 1.94 bits per heavy atom. The molecule has 0 saturated carbocycles. The largest absolute Gasteiger partial charge is 0.496 e. The fourth-order valence-electron chi connectivity index (χ4n) is 3.87. The Labute approximate surface area is 190 Å². The lowest BCUT2D eigenvalue weighted by Crippen LogP contribution is -2.38. The number of rotatable bonds is 8. The summed E-state index contributed by atoms with van der Waals surface area (Å²) in [5, 5.41) is 6.80. The smallest absolute Gasteiger partial charge is 0.341 e. The summed E-state index contributed by atoms with van der Waals surface area (Å²) in [4.78, 5) is 19.2. The number of carbonyl (C=O) groups is 1. The molecule has 2 aromatic rings. The van der Waals surface area contributed by atoms with Crippen molar-refractivity contribution in [1.82, 2.24) is 10.6 Å². The van der Waals surface area contributed by atoms with Crippen LogP contribution in [-0.2, 0) is 11.3 Å². The zero-order valence-electron chi connectivity index (χ0n) is 19.5. The fourth-order valence-corrected chi connectivity index (χ4v) is 3.87. The Kier molecular flexibility index (Phi) is 8.36. The van der Waals surface area contributed by atoms with Gasteiger partial charge in [-0.15, -0.1) is 0 Å². The van der Waals surface area contributed by atoms with E-state index in [0.29, 0.717) is 17.9 Å². The topological polar surface area (TPSA) is 75.2 Å². The Hall–Kier alpha value is -3.22. The zero-order valence-corrected chi connectivity index (χ0v) is 19.5. The Morgan fingerprint density at radius 3 is 2.62 bits per heavy atom. The van der Waals surface area contributed by atoms with Crippen LogP contribution in [0.4, 0.5) is 5.69 Å². The number of nitrogens with zero attached hydrogens (tertiary/aromatic N) is 2. The maximum atomic E-state index is 12.0. The van der Waals surface area contributed by atoms with E-state index in [1.54, 1.807) is 12.1 Å². The molecule has 1 fully saturated rings. The highest BCUT2D eigenvalue weighted by Gasteiger charge is 2.15. The summed E-state index contributed by atoms with van der Waals surface area (Å²) in [7, 11) is 2.90. The van der Waals surface area contributed by atoms with Gasteiger partial charge in [-0.25, -0.2) is 9.79 Å². The quantitative estimate of drug-likeness (QED) is 0.370. The monoisotopic (exact) mass is 438 g/mol. The van der Waals surface area contributed by atoms with E-state index in [4.69, 9.17) is 14.5 Å². The Morgan fingerprint density at radius 1 is 1.16 bits per heavy atom. The molecule has 2 N–H and O–H groups in total. The second-order valence-corrected chi connectivity index (χ2v) is 7.88. The van der Waals surface area contributed by atoms with Crippen LogP contribution in [-0.4, -0.2) is 45.8 Å². The molecule has 1 aliphatic heterocycles. The van der Waals surface area contributed by atoms with Gasteiger partial charge in [0.1, 0.15) is 11.3 Å². The average molecular weight is 439 g/mol. The van der Waals surface area contributed by atoms with Gasteiger partial charge in [-0.05, 0) is 62.1 Å². The van der Waals surface area contributed by atoms with Crippen molar-refractivity contribution in [2.45, 2.75) is 39.3 Å². The normalized spacial score (nSPS) is 14.8. The number of aliphatic imine (C=N–C) groups is 1. The molecule has 1 atom stereocenters. The number of methoxy groups -OCH3 is 2. The van der Waals surface area contributed by atoms with E-state index in [-0.39, 0.29) is 6.04 Å². The standard InChI is InChI=1S/C25H34N4O3/c1-5-26-25(27-17-19-11-12-23(31-3)22(15-19)24(30)32-4)28-18(2)20-9-8-10-21(16-20)29-13-6-7-14-29/h8-12,15-16,18H,5-7,13-14,17H2,1-4H3,(H2,26,27,28). The summed E-state index contributed by atoms with van der Waals surface area (Å²) in [6.45, 7) is 7.61. The lowest BCUT2D eigenvalue weighted by Gasteiger charge is -2.22. The van der Waals surface area contributed by atoms with Gasteiger partial charge in [0.2, 0.25) is 0 Å². The molecule has 0 spiro atoms. The van der Waals surface area contributed by atoms with Crippen LogP contribution in [0.25, 0.3) is 0 Å². The second-order valence-electron chi connectivity index (χ2n) is 7.88. The Balaban J connectivity index is 1.72. The summed E-state index contributed by atoms with van der Waals surface area (Å²) >= 11 is 0. The van der Waals surface area contributed by atoms with E-state index in [0.717, 1.165) is 31.2 Å². The first-order chi connectivity index (χ1) is 15.5. The molecule has 0 bridgehead atoms. The minimum absolute atomic E-state index is 0.0943. The van der Waals surface area contributed by atoms with E-state index in [2.05, 4.69) is 46.7 Å². The number of benzene rings is 2. The molecule has 1 saturated heterocycles. The van der Waals surface area contributed by atoms with Gasteiger partial charge in [0.25, 0.3) is 0 Å². The van der Waals surface area contributed by atoms with E-state index in [9.17, 15) is 4.79 Å². The molecule has 2 aromatic carbocycles. The van der Waals surface area contributed by atoms with Crippen molar-refractivity contribution in [3.63, 3.8) is 0 Å². The average Bonchev–Trinajstić information content (AvgIpc) is 3.37. The third-order valence-electron chi connectivity index (χ3n) is 5.63. The fraction of sp³-hybridized carbons (Fsp3) is 0.440. The van der Waals surface area contributed by atoms with Crippen LogP contribution in [0.5, 0.6) is 5.75 Å². The van der Waals surface area contributed by atoms with E-state index in [1.807, 2.05) is 13.0 Å². The molecule has 32 heavy (non-hydrogen) atoms. The van der Waals surface area contributed by atoms with Crippen LogP contribution in [0.15, 0.2) is 47.5 Å². The van der Waals surface area contributed by atoms with Crippen molar-refractivity contribution in [3.8, 4) is 5.75 Å². The number of ether oxygens (including phenoxy) is 2. The van der Waals surface area contributed by atoms with Gasteiger partial charge in [-0.2, -0.15) is 0 Å². The van der Waals surface area contributed by atoms with Crippen LogP contribution in [0.1, 0.15) is 54.2 Å². The number of hydrogen-bond donors (Lipinski definition) is 2. The molecule has 0 aromatic heterocycles. The van der Waals surface area contributed by atoms with Gasteiger partial charge < -0.3 is 25.0 Å². The minimum Gasteiger partial charge on any atom is -0.496 e. The second kappa shape index (κ2) is 11.4. The van der Waals surface area contributed by atoms with E-state index >= 15 is 0 Å². The first kappa shape index (κ1) is 23.4. The molecule has 3 rings (SSSR count). The van der Waals surface area contributed by atoms with Crippen molar-refractivity contribution < 1.29 is 14.3 Å². The van der Waals surface area contributed by atoms with Crippen molar-refractivity contribution in [3.05, 3.63) is 59.2 Å². The SMILES string of the molecule is CCNC(=NCc1ccc(OC)c(C(=O)OC)c1)NC(C)c1cccc(N2CCCC2)c1. The van der Waals surface area contributed by atoms with Gasteiger partial charge in [0.15, 0.2) is 5.96 Å². The van der Waals surface area contributed by atoms with Crippen LogP contribution >= 0.6 is 0 Å². The zero-order chi connectivity index (χ0) is 22.9. The number of carbonyl (C=O) groups excluding carboxylic acids is 1. The number of hydrogen-bond acceptors (Lipinski definition) is 5. The molecule has 1 unspecified atom stereocenters. The summed E-state index contributed by atoms with van der Waals surface area (Å²) < 4.78 is 10.1. The number of guanidine groups is 1. The summed E-state index contributed by atoms with van der Waals surface area (Å²) in [6.07, 6.45) is 2.52. The van der Waals surface area contributed by atoms with Gasteiger partial charge in [0, 0.05) is 25.3 Å². The van der Waals surface area contributed by atoms with Crippen molar-refractivity contribution >= 4 is 17.6 Å². The van der Waals surface area contributed by atoms with Crippen LogP contribution in [0.3, 0.4) is 0 Å². The van der Waals surface area contributed by atoms with Gasteiger partial charge >= 0.3 is 5.97 Å². The van der Waals surface area contributed by atoms with E-state index < -0.39 is 5.97 Å². The molecule has 172 valence electrons. The molecule has 1 aliphatic rings. The highest BCUT2D eigenvalue weighted by Crippen LogP contribution is 2.24. The highest BCUT2D eigenvalue weighted by atomic mass is 16.5. The van der Waals surface area contributed by atoms with Crippen LogP contribution < -0.4 is 20.3 Å². The number of nitrogens with one attached hydrogen (secondary N) is 2. The van der Waals surface area contributed by atoms with Gasteiger partial charge in [0.05, 0.1) is 26.8 Å². The van der Waals surface area contributed by atoms with Crippen molar-refractivity contribution in [1.29, 1.82) is 0 Å². The van der Waals surface area contributed by atoms with Crippen LogP contribution in [0.2, 0.25) is 0 Å². The first-order valence-electron chi connectivity index (χ1n) is 11.2. The molecule has 0 aliphatic carbocycles. The molecular weight excluding hydrogens is 404 g/mol. The highest BCUT2D eigenvalue weighted by molar-refractivity contribution is 5.92. The summed E-state index contributed by atoms with van der Waals surface area (Å²) in [5.41, 5.74) is 3.79. The van der Waals surface area contributed by atoms with Gasteiger partial charge in [-0.3, -0.25) is 0 Å². The van der Waals surface area contributed by atoms with Crippen LogP contribution in [0, 0.1) is 0 Å². The van der Waals surface area contributed by atoms with E-state index in [1.165, 1.54) is 38.3 Å². The third-order valence-corrected chi connectivity index (χ3v) is 5.63. The maximum Gasteiger partial charge on any atom is 0.341 e. The number of esters is 1. The van der Waals surface area contributed by atoms with Gasteiger partial charge in [-0.1, -0.05) is 18.2 Å².